The second-order valence-electron chi connectivity index (χ2n) is 15.6. The van der Waals surface area contributed by atoms with Crippen LogP contribution < -0.4 is 4.90 Å². The lowest BCUT2D eigenvalue weighted by Crippen LogP contribution is -2.26. The molecule has 1 nitrogen and oxygen atoms in total. The van der Waals surface area contributed by atoms with Crippen LogP contribution in [0.5, 0.6) is 0 Å². The van der Waals surface area contributed by atoms with E-state index in [0.29, 0.717) is 0 Å². The molecule has 0 saturated heterocycles. The number of benzene rings is 10. The quantitative estimate of drug-likeness (QED) is 0.170. The Morgan fingerprint density at radius 2 is 0.931 bits per heavy atom. The number of rotatable bonds is 5. The van der Waals surface area contributed by atoms with Crippen molar-refractivity contribution < 1.29 is 0 Å². The number of fused-ring (bicyclic) bond motifs is 14. The fourth-order valence-electron chi connectivity index (χ4n) is 10.3. The van der Waals surface area contributed by atoms with Crippen molar-refractivity contribution in [2.24, 2.45) is 0 Å². The molecule has 1 spiro atoms. The minimum Gasteiger partial charge on any atom is -0.310 e. The third kappa shape index (κ3) is 4.65. The summed E-state index contributed by atoms with van der Waals surface area (Å²) in [6.45, 7) is 0. The summed E-state index contributed by atoms with van der Waals surface area (Å²) < 4.78 is 0. The fraction of sp³-hybridized carbons (Fsp3) is 0.0175. The van der Waals surface area contributed by atoms with E-state index in [-0.39, 0.29) is 0 Å². The second kappa shape index (κ2) is 12.8. The van der Waals surface area contributed by atoms with Gasteiger partial charge in [0.25, 0.3) is 0 Å². The second-order valence-corrected chi connectivity index (χ2v) is 15.6. The van der Waals surface area contributed by atoms with Crippen molar-refractivity contribution in [3.8, 4) is 44.5 Å². The predicted molar refractivity (Wildman–Crippen MR) is 243 cm³/mol. The maximum absolute atomic E-state index is 2.43. The Hall–Kier alpha value is -7.48. The van der Waals surface area contributed by atoms with E-state index in [2.05, 4.69) is 229 Å². The van der Waals surface area contributed by atoms with Crippen molar-refractivity contribution in [3.05, 3.63) is 247 Å². The van der Waals surface area contributed by atoms with Gasteiger partial charge in [0, 0.05) is 16.9 Å². The smallest absolute Gasteiger partial charge is 0.0731 e. The van der Waals surface area contributed by atoms with E-state index in [9.17, 15) is 0 Å². The van der Waals surface area contributed by atoms with Crippen molar-refractivity contribution in [1.82, 2.24) is 0 Å². The van der Waals surface area contributed by atoms with E-state index >= 15 is 0 Å². The van der Waals surface area contributed by atoms with Crippen LogP contribution in [0.2, 0.25) is 0 Å². The highest BCUT2D eigenvalue weighted by atomic mass is 15.1. The largest absolute Gasteiger partial charge is 0.310 e. The summed E-state index contributed by atoms with van der Waals surface area (Å²) in [7, 11) is 0. The number of anilines is 3. The first kappa shape index (κ1) is 32.7. The zero-order valence-electron chi connectivity index (χ0n) is 31.8. The Labute approximate surface area is 338 Å². The average Bonchev–Trinajstić information content (AvgIpc) is 3.78. The highest BCUT2D eigenvalue weighted by molar-refractivity contribution is 6.11. The maximum atomic E-state index is 2.43. The molecule has 0 N–H and O–H groups in total. The molecule has 0 aliphatic heterocycles. The lowest BCUT2D eigenvalue weighted by atomic mass is 9.69. The fourth-order valence-corrected chi connectivity index (χ4v) is 10.3. The van der Waals surface area contributed by atoms with Crippen LogP contribution in [0, 0.1) is 0 Å². The first-order valence-electron chi connectivity index (χ1n) is 20.2. The number of hydrogen-bond donors (Lipinski definition) is 0. The highest BCUT2D eigenvalue weighted by Gasteiger charge is 2.52. The summed E-state index contributed by atoms with van der Waals surface area (Å²) in [6, 6.07) is 83.0. The lowest BCUT2D eigenvalue weighted by Gasteiger charge is -2.32. The van der Waals surface area contributed by atoms with E-state index in [0.717, 1.165) is 17.1 Å². The van der Waals surface area contributed by atoms with Gasteiger partial charge in [0.2, 0.25) is 0 Å². The molecule has 0 amide bonds. The third-order valence-corrected chi connectivity index (χ3v) is 12.6. The number of nitrogens with zero attached hydrogens (tertiary/aromatic N) is 1. The van der Waals surface area contributed by atoms with Gasteiger partial charge < -0.3 is 4.90 Å². The van der Waals surface area contributed by atoms with Crippen molar-refractivity contribution >= 4 is 38.6 Å². The molecule has 10 aromatic rings. The average molecular weight is 736 g/mol. The van der Waals surface area contributed by atoms with Gasteiger partial charge in [-0.3, -0.25) is 0 Å². The molecule has 2 aliphatic carbocycles. The summed E-state index contributed by atoms with van der Waals surface area (Å²) in [5.41, 5.74) is 18.5. The van der Waals surface area contributed by atoms with Gasteiger partial charge in [0.05, 0.1) is 11.1 Å². The number of hydrogen-bond acceptors (Lipinski definition) is 1. The van der Waals surface area contributed by atoms with Crippen molar-refractivity contribution in [2.45, 2.75) is 5.41 Å². The zero-order valence-corrected chi connectivity index (χ0v) is 31.8. The van der Waals surface area contributed by atoms with Crippen LogP contribution in [0.25, 0.3) is 66.1 Å². The molecular formula is C57H37N. The Kier molecular flexibility index (Phi) is 7.21. The zero-order chi connectivity index (χ0) is 38.2. The summed E-state index contributed by atoms with van der Waals surface area (Å²) >= 11 is 0. The van der Waals surface area contributed by atoms with Gasteiger partial charge in [0.1, 0.15) is 0 Å². The molecule has 0 aromatic heterocycles. The van der Waals surface area contributed by atoms with Crippen LogP contribution in [0.4, 0.5) is 17.1 Å². The molecule has 10 aromatic carbocycles. The molecule has 2 aliphatic rings. The first-order valence-corrected chi connectivity index (χ1v) is 20.2. The normalized spacial score (nSPS) is 13.0. The van der Waals surface area contributed by atoms with E-state index < -0.39 is 5.41 Å². The molecular weight excluding hydrogens is 699 g/mol. The van der Waals surface area contributed by atoms with Crippen LogP contribution in [0.1, 0.15) is 22.3 Å². The Balaban J connectivity index is 1.13. The van der Waals surface area contributed by atoms with Crippen molar-refractivity contribution in [2.75, 3.05) is 4.90 Å². The van der Waals surface area contributed by atoms with Crippen LogP contribution in [0.3, 0.4) is 0 Å². The molecule has 0 atom stereocenters. The molecule has 0 saturated carbocycles. The van der Waals surface area contributed by atoms with Gasteiger partial charge in [-0.15, -0.1) is 0 Å². The Bertz CT molecular complexity index is 3170. The van der Waals surface area contributed by atoms with Gasteiger partial charge in [-0.1, -0.05) is 188 Å². The highest BCUT2D eigenvalue weighted by Crippen LogP contribution is 2.65. The molecule has 270 valence electrons. The minimum atomic E-state index is -0.449. The summed E-state index contributed by atoms with van der Waals surface area (Å²) in [5.74, 6) is 0. The maximum Gasteiger partial charge on any atom is 0.0731 e. The monoisotopic (exact) mass is 735 g/mol. The van der Waals surface area contributed by atoms with E-state index in [4.69, 9.17) is 0 Å². The third-order valence-electron chi connectivity index (χ3n) is 12.6. The summed E-state index contributed by atoms with van der Waals surface area (Å²) in [6.07, 6.45) is 0. The topological polar surface area (TPSA) is 3.24 Å². The standard InChI is InChI=1S/C57H37N/c1-4-16-38(17-5-1)41-30-35-54(50(37-41)39-18-6-2-7-19-39)58(43-21-8-3-9-22-43)44-31-33-46-42(36-44)28-32-49-55-45-23-11-10-20-40(45)29-34-53(55)57(56(46)49)51-26-14-12-24-47(51)48-25-13-15-27-52(48)57/h1-37H. The molecule has 58 heavy (non-hydrogen) atoms. The van der Waals surface area contributed by atoms with Gasteiger partial charge in [-0.2, -0.15) is 0 Å². The van der Waals surface area contributed by atoms with E-state index in [1.54, 1.807) is 0 Å². The molecule has 12 rings (SSSR count). The van der Waals surface area contributed by atoms with Gasteiger partial charge in [-0.05, 0) is 119 Å². The van der Waals surface area contributed by atoms with Crippen LogP contribution in [0.15, 0.2) is 224 Å². The molecule has 0 radical (unpaired) electrons. The molecule has 0 unspecified atom stereocenters. The van der Waals surface area contributed by atoms with Crippen molar-refractivity contribution in [1.29, 1.82) is 0 Å². The predicted octanol–water partition coefficient (Wildman–Crippen LogP) is 15.1. The molecule has 1 heteroatoms. The van der Waals surface area contributed by atoms with Gasteiger partial charge in [-0.25, -0.2) is 0 Å². The SMILES string of the molecule is c1ccc(-c2ccc(N(c3ccccc3)c3ccc4c5c(ccc4c3)-c3c(ccc4ccccc34)C53c4ccccc4-c4ccccc43)c(-c3ccccc3)c2)cc1. The minimum absolute atomic E-state index is 0.449. The van der Waals surface area contributed by atoms with Crippen LogP contribution >= 0.6 is 0 Å². The van der Waals surface area contributed by atoms with E-state index in [1.165, 1.54) is 88.3 Å². The number of para-hydroxylation sites is 1. The molecule has 0 bridgehead atoms. The van der Waals surface area contributed by atoms with Gasteiger partial charge >= 0.3 is 0 Å². The summed E-state index contributed by atoms with van der Waals surface area (Å²) in [4.78, 5) is 2.43. The van der Waals surface area contributed by atoms with E-state index in [1.807, 2.05) is 0 Å². The lowest BCUT2D eigenvalue weighted by molar-refractivity contribution is 0.802. The first-order chi connectivity index (χ1) is 28.8. The van der Waals surface area contributed by atoms with Crippen LogP contribution in [-0.2, 0) is 5.41 Å². The van der Waals surface area contributed by atoms with Crippen LogP contribution in [-0.4, -0.2) is 0 Å². The molecule has 0 fully saturated rings. The Morgan fingerprint density at radius 3 is 1.67 bits per heavy atom. The Morgan fingerprint density at radius 1 is 0.310 bits per heavy atom. The van der Waals surface area contributed by atoms with Crippen molar-refractivity contribution in [3.63, 3.8) is 0 Å². The van der Waals surface area contributed by atoms with Gasteiger partial charge in [0.15, 0.2) is 0 Å². The molecule has 0 heterocycles. The summed E-state index contributed by atoms with van der Waals surface area (Å²) in [5, 5.41) is 5.07.